The minimum atomic E-state index is -5.08. The van der Waals surface area contributed by atoms with Crippen molar-refractivity contribution in [1.82, 2.24) is 9.21 Å². The Kier molecular flexibility index (Phi) is 6.88. The summed E-state index contributed by atoms with van der Waals surface area (Å²) in [6.07, 6.45) is -3.35. The van der Waals surface area contributed by atoms with Crippen LogP contribution < -0.4 is 0 Å². The zero-order valence-corrected chi connectivity index (χ0v) is 17.2. The molecule has 1 N–H and O–H groups in total. The second kappa shape index (κ2) is 8.88. The largest absolute Gasteiger partial charge is 0.490 e. The van der Waals surface area contributed by atoms with Gasteiger partial charge in [0.05, 0.1) is 18.0 Å². The van der Waals surface area contributed by atoms with E-state index in [9.17, 15) is 21.6 Å². The fourth-order valence-electron chi connectivity index (χ4n) is 3.47. The van der Waals surface area contributed by atoms with Crippen molar-refractivity contribution in [3.05, 3.63) is 22.4 Å². The highest BCUT2D eigenvalue weighted by atomic mass is 32.2. The number of carbonyl (C=O) groups is 1. The number of sulfonamides is 1. The average Bonchev–Trinajstić information content (AvgIpc) is 3.30. The number of fused-ring (bicyclic) bond motifs is 1. The van der Waals surface area contributed by atoms with Crippen LogP contribution in [-0.2, 0) is 26.1 Å². The number of hydrogen-bond donors (Lipinski definition) is 1. The summed E-state index contributed by atoms with van der Waals surface area (Å²) in [4.78, 5) is 12.7. The number of thiophene rings is 1. The standard InChI is InChI=1S/C15H22N2O3S2.C2HF3O2/c18-22(19,14-3-4-14)17-9-12-8-16(5-6-20-15(12)11-17)10-13-2-1-7-21-13;3-2(4,5)1(6)7/h1-2,7,12,14-15H,3-6,8-11H2;(H,6,7)/t12-,15+;/m0./s1. The molecule has 1 aliphatic carbocycles. The molecule has 1 aromatic rings. The molecule has 7 nitrogen and oxygen atoms in total. The summed E-state index contributed by atoms with van der Waals surface area (Å²) in [6, 6.07) is 4.24. The van der Waals surface area contributed by atoms with Gasteiger partial charge in [-0.3, -0.25) is 4.90 Å². The van der Waals surface area contributed by atoms with Crippen molar-refractivity contribution >= 4 is 27.3 Å². The SMILES string of the molecule is O=C(O)C(F)(F)F.O=S(=O)(C1CC1)N1C[C@@H]2CN(Cc3cccs3)CCO[C@@H]2C1. The van der Waals surface area contributed by atoms with Crippen LogP contribution in [0.15, 0.2) is 17.5 Å². The molecule has 3 aliphatic rings. The number of hydrogen-bond acceptors (Lipinski definition) is 6. The lowest BCUT2D eigenvalue weighted by molar-refractivity contribution is -0.192. The second-order valence-electron chi connectivity index (χ2n) is 7.35. The van der Waals surface area contributed by atoms with Crippen molar-refractivity contribution in [3.8, 4) is 0 Å². The van der Waals surface area contributed by atoms with Gasteiger partial charge in [0.15, 0.2) is 0 Å². The van der Waals surface area contributed by atoms with Crippen molar-refractivity contribution in [2.45, 2.75) is 36.9 Å². The summed E-state index contributed by atoms with van der Waals surface area (Å²) in [5.74, 6) is -2.46. The second-order valence-corrected chi connectivity index (χ2v) is 10.6. The Morgan fingerprint density at radius 2 is 1.97 bits per heavy atom. The quantitative estimate of drug-likeness (QED) is 0.746. The van der Waals surface area contributed by atoms with Crippen LogP contribution in [0.3, 0.4) is 0 Å². The molecule has 0 amide bonds. The first-order valence-corrected chi connectivity index (χ1v) is 11.6. The van der Waals surface area contributed by atoms with Crippen LogP contribution in [-0.4, -0.2) is 79.0 Å². The molecule has 164 valence electrons. The molecule has 29 heavy (non-hydrogen) atoms. The van der Waals surface area contributed by atoms with Gasteiger partial charge < -0.3 is 9.84 Å². The summed E-state index contributed by atoms with van der Waals surface area (Å²) >= 11 is 1.78. The maximum atomic E-state index is 12.4. The third-order valence-electron chi connectivity index (χ3n) is 5.09. The Labute approximate surface area is 171 Å². The van der Waals surface area contributed by atoms with Crippen molar-refractivity contribution in [2.24, 2.45) is 5.92 Å². The normalized spacial score (nSPS) is 26.3. The van der Waals surface area contributed by atoms with Crippen molar-refractivity contribution < 1.29 is 36.2 Å². The maximum absolute atomic E-state index is 12.4. The topological polar surface area (TPSA) is 87.1 Å². The smallest absolute Gasteiger partial charge is 0.475 e. The van der Waals surface area contributed by atoms with Crippen LogP contribution >= 0.6 is 11.3 Å². The van der Waals surface area contributed by atoms with Gasteiger partial charge in [-0.25, -0.2) is 13.2 Å². The lowest BCUT2D eigenvalue weighted by atomic mass is 10.1. The maximum Gasteiger partial charge on any atom is 0.490 e. The Hall–Kier alpha value is -1.21. The molecule has 0 unspecified atom stereocenters. The Morgan fingerprint density at radius 1 is 1.28 bits per heavy atom. The predicted octanol–water partition coefficient (Wildman–Crippen LogP) is 2.01. The first kappa shape index (κ1) is 22.5. The van der Waals surface area contributed by atoms with Gasteiger partial charge in [-0.15, -0.1) is 11.3 Å². The first-order chi connectivity index (χ1) is 13.6. The Balaban J connectivity index is 0.000000298. The van der Waals surface area contributed by atoms with E-state index in [1.165, 1.54) is 4.88 Å². The third-order valence-corrected chi connectivity index (χ3v) is 8.28. The molecule has 3 heterocycles. The molecular weight excluding hydrogens is 433 g/mol. The van der Waals surface area contributed by atoms with Gasteiger partial charge in [0.2, 0.25) is 10.0 Å². The number of carboxylic acids is 1. The first-order valence-electron chi connectivity index (χ1n) is 9.23. The molecule has 2 saturated heterocycles. The zero-order valence-electron chi connectivity index (χ0n) is 15.5. The van der Waals surface area contributed by atoms with E-state index in [1.807, 2.05) is 0 Å². The van der Waals surface area contributed by atoms with Crippen LogP contribution in [0, 0.1) is 5.92 Å². The molecule has 0 aromatic carbocycles. The van der Waals surface area contributed by atoms with Crippen LogP contribution in [0.1, 0.15) is 17.7 Å². The van der Waals surface area contributed by atoms with Crippen LogP contribution in [0.25, 0.3) is 0 Å². The lowest BCUT2D eigenvalue weighted by Crippen LogP contribution is -2.35. The van der Waals surface area contributed by atoms with Gasteiger partial charge in [0.1, 0.15) is 0 Å². The molecule has 1 aromatic heterocycles. The fourth-order valence-corrected chi connectivity index (χ4v) is 6.13. The van der Waals surface area contributed by atoms with E-state index in [0.29, 0.717) is 25.6 Å². The highest BCUT2D eigenvalue weighted by molar-refractivity contribution is 7.90. The molecule has 4 rings (SSSR count). The minimum absolute atomic E-state index is 0.0712. The number of halogens is 3. The number of rotatable bonds is 4. The Morgan fingerprint density at radius 3 is 2.52 bits per heavy atom. The monoisotopic (exact) mass is 456 g/mol. The van der Waals surface area contributed by atoms with Gasteiger partial charge in [0.25, 0.3) is 0 Å². The molecule has 12 heteroatoms. The van der Waals surface area contributed by atoms with Gasteiger partial charge in [0, 0.05) is 43.5 Å². The van der Waals surface area contributed by atoms with Crippen molar-refractivity contribution in [3.63, 3.8) is 0 Å². The van der Waals surface area contributed by atoms with Crippen LogP contribution in [0.4, 0.5) is 13.2 Å². The highest BCUT2D eigenvalue weighted by Gasteiger charge is 2.47. The Bertz CT molecular complexity index is 796. The molecule has 3 fully saturated rings. The van der Waals surface area contributed by atoms with Gasteiger partial charge in [-0.2, -0.15) is 17.5 Å². The summed E-state index contributed by atoms with van der Waals surface area (Å²) in [7, 11) is -3.07. The molecule has 1 saturated carbocycles. The molecule has 2 atom stereocenters. The number of nitrogens with zero attached hydrogens (tertiary/aromatic N) is 2. The lowest BCUT2D eigenvalue weighted by Gasteiger charge is -2.22. The van der Waals surface area contributed by atoms with Gasteiger partial charge in [-0.05, 0) is 24.3 Å². The fraction of sp³-hybridized carbons (Fsp3) is 0.706. The highest BCUT2D eigenvalue weighted by Crippen LogP contribution is 2.35. The van der Waals surface area contributed by atoms with Crippen molar-refractivity contribution in [1.29, 1.82) is 0 Å². The van der Waals surface area contributed by atoms with E-state index in [-0.39, 0.29) is 11.4 Å². The predicted molar refractivity (Wildman–Crippen MR) is 100 cm³/mol. The molecule has 2 aliphatic heterocycles. The summed E-state index contributed by atoms with van der Waals surface area (Å²) in [6.45, 7) is 4.68. The van der Waals surface area contributed by atoms with E-state index in [4.69, 9.17) is 14.6 Å². The molecular formula is C17H23F3N2O5S2. The van der Waals surface area contributed by atoms with E-state index in [2.05, 4.69) is 22.4 Å². The van der Waals surface area contributed by atoms with E-state index in [1.54, 1.807) is 15.6 Å². The summed E-state index contributed by atoms with van der Waals surface area (Å²) in [5.41, 5.74) is 0. The van der Waals surface area contributed by atoms with Crippen LogP contribution in [0.5, 0.6) is 0 Å². The average molecular weight is 457 g/mol. The zero-order chi connectivity index (χ0) is 21.2. The number of alkyl halides is 3. The summed E-state index contributed by atoms with van der Waals surface area (Å²) in [5, 5.41) is 9.11. The molecule has 0 radical (unpaired) electrons. The van der Waals surface area contributed by atoms with E-state index < -0.39 is 22.2 Å². The molecule has 0 bridgehead atoms. The third kappa shape index (κ3) is 5.91. The number of ether oxygens (including phenoxy) is 1. The van der Waals surface area contributed by atoms with E-state index in [0.717, 1.165) is 32.5 Å². The van der Waals surface area contributed by atoms with E-state index >= 15 is 0 Å². The van der Waals surface area contributed by atoms with Crippen LogP contribution in [0.2, 0.25) is 0 Å². The van der Waals surface area contributed by atoms with Crippen molar-refractivity contribution in [2.75, 3.05) is 32.8 Å². The number of aliphatic carboxylic acids is 1. The van der Waals surface area contributed by atoms with Gasteiger partial charge in [-0.1, -0.05) is 6.07 Å². The molecule has 0 spiro atoms. The summed E-state index contributed by atoms with van der Waals surface area (Å²) < 4.78 is 64.2. The number of carboxylic acid groups (broad SMARTS) is 1. The van der Waals surface area contributed by atoms with Gasteiger partial charge >= 0.3 is 12.1 Å². The minimum Gasteiger partial charge on any atom is -0.475 e.